The average Bonchev–Trinajstić information content (AvgIpc) is 2.98. The number of aliphatic carboxylic acids is 7. The minimum atomic E-state index is -2.20. The second kappa shape index (κ2) is 21.5. The molecule has 284 valence electrons. The molecule has 0 aromatic heterocycles. The molecule has 25 nitrogen and oxygen atoms in total. The summed E-state index contributed by atoms with van der Waals surface area (Å²) in [5, 5.41) is 72.9. The van der Waals surface area contributed by atoms with Gasteiger partial charge in [-0.1, -0.05) is 0 Å². The SMILES string of the molecule is N[C@@H](CC(=O)O)C(=O)N[C@@H](CC(=O)O)C(=O)N[C@@H](CCC(=O)O)C(=O)N[C@@H](CC(=O)O)C(=O)N[C@@H](CC(=O)O)C(=O)N[C@@H](CCC(=O)O)C(=O)O. The number of amides is 5. The van der Waals surface area contributed by atoms with Gasteiger partial charge in [0.1, 0.15) is 30.2 Å². The van der Waals surface area contributed by atoms with Gasteiger partial charge >= 0.3 is 41.8 Å². The maximum atomic E-state index is 13.2. The van der Waals surface area contributed by atoms with Crippen LogP contribution in [0.2, 0.25) is 0 Å². The summed E-state index contributed by atoms with van der Waals surface area (Å²) < 4.78 is 0. The van der Waals surface area contributed by atoms with E-state index in [2.05, 4.69) is 0 Å². The van der Waals surface area contributed by atoms with Crippen molar-refractivity contribution in [1.29, 1.82) is 0 Å². The number of nitrogens with one attached hydrogen (secondary N) is 5. The van der Waals surface area contributed by atoms with Gasteiger partial charge in [0.2, 0.25) is 29.5 Å². The summed E-state index contributed by atoms with van der Waals surface area (Å²) in [5.74, 6) is -18.7. The van der Waals surface area contributed by atoms with Crippen LogP contribution >= 0.6 is 0 Å². The minimum absolute atomic E-state index is 0.669. The van der Waals surface area contributed by atoms with E-state index < -0.39 is 159 Å². The maximum Gasteiger partial charge on any atom is 0.326 e. The highest BCUT2D eigenvalue weighted by Crippen LogP contribution is 2.06. The number of carbonyl (C=O) groups is 12. The third-order valence-corrected chi connectivity index (χ3v) is 6.31. The molecule has 6 atom stereocenters. The Hall–Kier alpha value is -6.40. The van der Waals surface area contributed by atoms with Crippen LogP contribution in [0.4, 0.5) is 0 Å². The van der Waals surface area contributed by atoms with Crippen LogP contribution in [-0.4, -0.2) is 143 Å². The van der Waals surface area contributed by atoms with Crippen LogP contribution in [0.5, 0.6) is 0 Å². The molecule has 51 heavy (non-hydrogen) atoms. The van der Waals surface area contributed by atoms with E-state index in [0.717, 1.165) is 0 Å². The van der Waals surface area contributed by atoms with E-state index in [1.54, 1.807) is 0 Å². The highest BCUT2D eigenvalue weighted by molar-refractivity contribution is 5.99. The Morgan fingerprint density at radius 2 is 0.647 bits per heavy atom. The lowest BCUT2D eigenvalue weighted by Crippen LogP contribution is -2.60. The molecule has 0 radical (unpaired) electrons. The first-order valence-corrected chi connectivity index (χ1v) is 14.3. The number of carboxylic acid groups (broad SMARTS) is 7. The van der Waals surface area contributed by atoms with Crippen molar-refractivity contribution in [3.63, 3.8) is 0 Å². The van der Waals surface area contributed by atoms with Gasteiger partial charge in [-0.15, -0.1) is 0 Å². The standard InChI is InChI=1S/C26H36N6O19/c27-9(5-17(37)38)21(45)30-12(6-18(39)40)23(47)28-10(1-3-15(33)34)22(46)31-14(8-20(43)44)25(49)32-13(7-19(41)42)24(48)29-11(26(50)51)2-4-16(35)36/h9-14H,1-8,27H2,(H,28,47)(H,29,48)(H,30,45)(H,31,46)(H,32,49)(H,33,34)(H,35,36)(H,37,38)(H,39,40)(H,41,42)(H,43,44)(H,50,51)/t9-,10-,11-,12-,13-,14-/m0/s1. The second-order valence-electron chi connectivity index (χ2n) is 10.5. The molecule has 0 spiro atoms. The Balaban J connectivity index is 6.26. The van der Waals surface area contributed by atoms with E-state index in [1.807, 2.05) is 26.6 Å². The molecule has 0 aromatic carbocycles. The van der Waals surface area contributed by atoms with Gasteiger partial charge in [-0.2, -0.15) is 0 Å². The summed E-state index contributed by atoms with van der Waals surface area (Å²) in [6.45, 7) is 0. The molecular formula is C26H36N6O19. The van der Waals surface area contributed by atoms with Crippen molar-refractivity contribution >= 4 is 71.3 Å². The zero-order valence-electron chi connectivity index (χ0n) is 26.2. The zero-order valence-corrected chi connectivity index (χ0v) is 26.2. The normalized spacial score (nSPS) is 14.1. The van der Waals surface area contributed by atoms with Crippen molar-refractivity contribution in [1.82, 2.24) is 26.6 Å². The predicted octanol–water partition coefficient (Wildman–Crippen LogP) is -5.55. The van der Waals surface area contributed by atoms with Gasteiger partial charge in [-0.25, -0.2) is 4.79 Å². The monoisotopic (exact) mass is 736 g/mol. The van der Waals surface area contributed by atoms with E-state index in [9.17, 15) is 78.0 Å². The van der Waals surface area contributed by atoms with Crippen molar-refractivity contribution in [3.8, 4) is 0 Å². The van der Waals surface area contributed by atoms with Crippen LogP contribution in [0, 0.1) is 0 Å². The van der Waals surface area contributed by atoms with E-state index in [4.69, 9.17) is 21.1 Å². The lowest BCUT2D eigenvalue weighted by molar-refractivity contribution is -0.145. The zero-order chi connectivity index (χ0) is 39.6. The van der Waals surface area contributed by atoms with E-state index in [-0.39, 0.29) is 0 Å². The Labute approximate surface area is 284 Å². The molecule has 0 bridgehead atoms. The summed E-state index contributed by atoms with van der Waals surface area (Å²) >= 11 is 0. The highest BCUT2D eigenvalue weighted by Gasteiger charge is 2.35. The fourth-order valence-electron chi connectivity index (χ4n) is 3.86. The molecular weight excluding hydrogens is 700 g/mol. The van der Waals surface area contributed by atoms with Crippen molar-refractivity contribution in [2.24, 2.45) is 5.73 Å². The average molecular weight is 737 g/mol. The van der Waals surface area contributed by atoms with Gasteiger partial charge < -0.3 is 68.1 Å². The van der Waals surface area contributed by atoms with Crippen LogP contribution in [-0.2, 0) is 57.5 Å². The van der Waals surface area contributed by atoms with Gasteiger partial charge in [-0.05, 0) is 12.8 Å². The first kappa shape index (κ1) is 44.6. The molecule has 0 rings (SSSR count). The molecule has 14 N–H and O–H groups in total. The van der Waals surface area contributed by atoms with Gasteiger partial charge in [0, 0.05) is 12.8 Å². The quantitative estimate of drug-likeness (QED) is 0.0415. The molecule has 0 aliphatic heterocycles. The summed E-state index contributed by atoms with van der Waals surface area (Å²) in [7, 11) is 0. The van der Waals surface area contributed by atoms with Crippen LogP contribution in [0.25, 0.3) is 0 Å². The summed E-state index contributed by atoms with van der Waals surface area (Å²) in [6.07, 6.45) is -7.71. The molecule has 0 aliphatic rings. The lowest BCUT2D eigenvalue weighted by Gasteiger charge is -2.26. The Morgan fingerprint density at radius 3 is 0.961 bits per heavy atom. The molecule has 0 fully saturated rings. The summed E-state index contributed by atoms with van der Waals surface area (Å²) in [6, 6.07) is -12.0. The molecule has 0 saturated carbocycles. The van der Waals surface area contributed by atoms with Crippen molar-refractivity contribution in [3.05, 3.63) is 0 Å². The number of rotatable bonds is 25. The van der Waals surface area contributed by atoms with Crippen LogP contribution in [0.3, 0.4) is 0 Å². The number of hydrogen-bond donors (Lipinski definition) is 13. The molecule has 0 aliphatic carbocycles. The molecule has 0 unspecified atom stereocenters. The molecule has 0 aromatic rings. The molecule has 0 saturated heterocycles. The van der Waals surface area contributed by atoms with Crippen LogP contribution in [0.15, 0.2) is 0 Å². The van der Waals surface area contributed by atoms with Crippen molar-refractivity contribution in [2.75, 3.05) is 0 Å². The van der Waals surface area contributed by atoms with Crippen molar-refractivity contribution in [2.45, 2.75) is 87.6 Å². The number of nitrogens with two attached hydrogens (primary N) is 1. The van der Waals surface area contributed by atoms with Crippen molar-refractivity contribution < 1.29 is 93.3 Å². The molecule has 0 heterocycles. The first-order valence-electron chi connectivity index (χ1n) is 14.3. The lowest BCUT2D eigenvalue weighted by atomic mass is 10.1. The maximum absolute atomic E-state index is 13.2. The van der Waals surface area contributed by atoms with Gasteiger partial charge in [0.25, 0.3) is 0 Å². The van der Waals surface area contributed by atoms with E-state index in [1.165, 1.54) is 0 Å². The topological polar surface area (TPSA) is 433 Å². The smallest absolute Gasteiger partial charge is 0.326 e. The van der Waals surface area contributed by atoms with Crippen LogP contribution in [0.1, 0.15) is 51.4 Å². The number of carbonyl (C=O) groups excluding carboxylic acids is 5. The van der Waals surface area contributed by atoms with Gasteiger partial charge in [0.15, 0.2) is 0 Å². The Bertz CT molecular complexity index is 1400. The van der Waals surface area contributed by atoms with Gasteiger partial charge in [0.05, 0.1) is 31.7 Å². The van der Waals surface area contributed by atoms with E-state index in [0.29, 0.717) is 0 Å². The highest BCUT2D eigenvalue weighted by atomic mass is 16.4. The van der Waals surface area contributed by atoms with Crippen LogP contribution < -0.4 is 32.3 Å². The molecule has 5 amide bonds. The largest absolute Gasteiger partial charge is 0.481 e. The fraction of sp³-hybridized carbons (Fsp3) is 0.538. The number of hydrogen-bond acceptors (Lipinski definition) is 13. The minimum Gasteiger partial charge on any atom is -0.481 e. The van der Waals surface area contributed by atoms with Gasteiger partial charge in [-0.3, -0.25) is 52.7 Å². The second-order valence-corrected chi connectivity index (χ2v) is 10.5. The summed E-state index contributed by atoms with van der Waals surface area (Å²) in [4.78, 5) is 143. The predicted molar refractivity (Wildman–Crippen MR) is 158 cm³/mol. The molecule has 25 heteroatoms. The third-order valence-electron chi connectivity index (χ3n) is 6.31. The number of carboxylic acids is 7. The first-order chi connectivity index (χ1) is 23.5. The fourth-order valence-corrected chi connectivity index (χ4v) is 3.86. The van der Waals surface area contributed by atoms with E-state index >= 15 is 0 Å². The third kappa shape index (κ3) is 18.7. The Morgan fingerprint density at radius 1 is 0.373 bits per heavy atom. The summed E-state index contributed by atoms with van der Waals surface area (Å²) in [5.41, 5.74) is 5.40. The Kier molecular flexibility index (Phi) is 18.8.